The number of hydrogen-bond acceptors (Lipinski definition) is 4. The van der Waals surface area contributed by atoms with Crippen LogP contribution in [0.5, 0.6) is 0 Å². The van der Waals surface area contributed by atoms with E-state index >= 15 is 0 Å². The lowest BCUT2D eigenvalue weighted by molar-refractivity contribution is 0.276. The van der Waals surface area contributed by atoms with Crippen LogP contribution in [0.4, 0.5) is 0 Å². The van der Waals surface area contributed by atoms with Crippen molar-refractivity contribution < 1.29 is 9.52 Å². The van der Waals surface area contributed by atoms with Crippen molar-refractivity contribution in [3.63, 3.8) is 0 Å². The summed E-state index contributed by atoms with van der Waals surface area (Å²) >= 11 is 0. The van der Waals surface area contributed by atoms with E-state index in [1.165, 1.54) is 0 Å². The molecule has 1 aliphatic rings. The van der Waals surface area contributed by atoms with Gasteiger partial charge in [0.1, 0.15) is 12.0 Å². The SMILES string of the molecule is CCN1CCC(c2nc(CO)co2)C1. The molecule has 4 nitrogen and oxygen atoms in total. The van der Waals surface area contributed by atoms with Gasteiger partial charge in [-0.25, -0.2) is 4.98 Å². The van der Waals surface area contributed by atoms with E-state index in [4.69, 9.17) is 9.52 Å². The molecule has 1 saturated heterocycles. The van der Waals surface area contributed by atoms with Gasteiger partial charge in [-0.15, -0.1) is 0 Å². The zero-order valence-electron chi connectivity index (χ0n) is 8.44. The molecule has 14 heavy (non-hydrogen) atoms. The molecule has 0 aromatic carbocycles. The standard InChI is InChI=1S/C10H16N2O2/c1-2-12-4-3-8(5-12)10-11-9(6-13)7-14-10/h7-8,13H,2-6H2,1H3. The van der Waals surface area contributed by atoms with Crippen molar-refractivity contribution in [1.29, 1.82) is 0 Å². The summed E-state index contributed by atoms with van der Waals surface area (Å²) in [6.45, 7) is 5.37. The van der Waals surface area contributed by atoms with Crippen molar-refractivity contribution >= 4 is 0 Å². The second-order valence-corrected chi connectivity index (χ2v) is 3.71. The lowest BCUT2D eigenvalue weighted by Gasteiger charge is -2.10. The average Bonchev–Trinajstić information content (AvgIpc) is 2.86. The fraction of sp³-hybridized carbons (Fsp3) is 0.700. The highest BCUT2D eigenvalue weighted by atomic mass is 16.3. The molecule has 1 atom stereocenters. The van der Waals surface area contributed by atoms with Crippen LogP contribution >= 0.6 is 0 Å². The van der Waals surface area contributed by atoms with Gasteiger partial charge < -0.3 is 14.4 Å². The minimum Gasteiger partial charge on any atom is -0.448 e. The molecule has 0 spiro atoms. The Morgan fingerprint density at radius 1 is 1.71 bits per heavy atom. The van der Waals surface area contributed by atoms with E-state index in [-0.39, 0.29) is 6.61 Å². The molecular weight excluding hydrogens is 180 g/mol. The molecule has 1 aliphatic heterocycles. The van der Waals surface area contributed by atoms with Crippen LogP contribution in [0.3, 0.4) is 0 Å². The monoisotopic (exact) mass is 196 g/mol. The van der Waals surface area contributed by atoms with Crippen LogP contribution in [-0.4, -0.2) is 34.6 Å². The maximum absolute atomic E-state index is 8.86. The predicted molar refractivity (Wildman–Crippen MR) is 51.9 cm³/mol. The minimum atomic E-state index is -0.0340. The van der Waals surface area contributed by atoms with E-state index in [0.29, 0.717) is 11.6 Å². The molecule has 4 heteroatoms. The van der Waals surface area contributed by atoms with Crippen LogP contribution in [0.25, 0.3) is 0 Å². The molecular formula is C10H16N2O2. The number of aromatic nitrogens is 1. The number of nitrogens with zero attached hydrogens (tertiary/aromatic N) is 2. The number of aliphatic hydroxyl groups is 1. The highest BCUT2D eigenvalue weighted by molar-refractivity contribution is 5.02. The molecule has 1 fully saturated rings. The Bertz CT molecular complexity index is 298. The maximum atomic E-state index is 8.86. The highest BCUT2D eigenvalue weighted by Gasteiger charge is 2.26. The van der Waals surface area contributed by atoms with Crippen LogP contribution in [0.15, 0.2) is 10.7 Å². The Kier molecular flexibility index (Phi) is 2.84. The summed E-state index contributed by atoms with van der Waals surface area (Å²) in [5.74, 6) is 1.19. The zero-order valence-corrected chi connectivity index (χ0v) is 8.44. The molecule has 1 unspecified atom stereocenters. The minimum absolute atomic E-state index is 0.0340. The van der Waals surface area contributed by atoms with Crippen molar-refractivity contribution in [2.45, 2.75) is 25.9 Å². The summed E-state index contributed by atoms with van der Waals surface area (Å²) in [4.78, 5) is 6.62. The van der Waals surface area contributed by atoms with Gasteiger partial charge >= 0.3 is 0 Å². The molecule has 2 rings (SSSR count). The number of likely N-dealkylation sites (N-methyl/N-ethyl adjacent to an activating group) is 1. The molecule has 1 N–H and O–H groups in total. The van der Waals surface area contributed by atoms with Gasteiger partial charge in [0.05, 0.1) is 6.61 Å². The number of likely N-dealkylation sites (tertiary alicyclic amines) is 1. The van der Waals surface area contributed by atoms with Crippen LogP contribution in [0.1, 0.15) is 30.8 Å². The summed E-state index contributed by atoms with van der Waals surface area (Å²) in [6.07, 6.45) is 2.66. The Labute approximate surface area is 83.5 Å². The first-order valence-corrected chi connectivity index (χ1v) is 5.11. The molecule has 0 radical (unpaired) electrons. The zero-order chi connectivity index (χ0) is 9.97. The topological polar surface area (TPSA) is 49.5 Å². The van der Waals surface area contributed by atoms with Gasteiger partial charge in [0.15, 0.2) is 5.89 Å². The molecule has 1 aromatic heterocycles. The molecule has 0 bridgehead atoms. The molecule has 1 aromatic rings. The summed E-state index contributed by atoms with van der Waals surface area (Å²) in [7, 11) is 0. The van der Waals surface area contributed by atoms with Crippen molar-refractivity contribution in [3.05, 3.63) is 17.8 Å². The molecule has 0 saturated carbocycles. The fourth-order valence-electron chi connectivity index (χ4n) is 1.90. The first kappa shape index (κ1) is 9.68. The van der Waals surface area contributed by atoms with E-state index in [0.717, 1.165) is 31.9 Å². The second kappa shape index (κ2) is 4.11. The van der Waals surface area contributed by atoms with Crippen molar-refractivity contribution in [1.82, 2.24) is 9.88 Å². The fourth-order valence-corrected chi connectivity index (χ4v) is 1.90. The molecule has 0 aliphatic carbocycles. The van der Waals surface area contributed by atoms with E-state index in [9.17, 15) is 0 Å². The summed E-state index contributed by atoms with van der Waals surface area (Å²) in [6, 6.07) is 0. The number of aliphatic hydroxyl groups excluding tert-OH is 1. The van der Waals surface area contributed by atoms with Crippen molar-refractivity contribution in [2.24, 2.45) is 0 Å². The lowest BCUT2D eigenvalue weighted by atomic mass is 10.1. The Morgan fingerprint density at radius 3 is 3.14 bits per heavy atom. The largest absolute Gasteiger partial charge is 0.448 e. The molecule has 78 valence electrons. The Morgan fingerprint density at radius 2 is 2.57 bits per heavy atom. The average molecular weight is 196 g/mol. The van der Waals surface area contributed by atoms with Crippen molar-refractivity contribution in [2.75, 3.05) is 19.6 Å². The highest BCUT2D eigenvalue weighted by Crippen LogP contribution is 2.26. The van der Waals surface area contributed by atoms with Gasteiger partial charge in [-0.05, 0) is 19.5 Å². The van der Waals surface area contributed by atoms with Gasteiger partial charge in [-0.2, -0.15) is 0 Å². The second-order valence-electron chi connectivity index (χ2n) is 3.71. The van der Waals surface area contributed by atoms with E-state index in [2.05, 4.69) is 16.8 Å². The van der Waals surface area contributed by atoms with Gasteiger partial charge in [0, 0.05) is 12.5 Å². The lowest BCUT2D eigenvalue weighted by Crippen LogP contribution is -2.19. The first-order valence-electron chi connectivity index (χ1n) is 5.11. The predicted octanol–water partition coefficient (Wildman–Crippen LogP) is 0.976. The number of oxazole rings is 1. The quantitative estimate of drug-likeness (QED) is 0.782. The number of hydrogen-bond donors (Lipinski definition) is 1. The summed E-state index contributed by atoms with van der Waals surface area (Å²) in [5.41, 5.74) is 0.634. The summed E-state index contributed by atoms with van der Waals surface area (Å²) < 4.78 is 5.33. The molecule has 2 heterocycles. The molecule has 0 amide bonds. The van der Waals surface area contributed by atoms with Crippen LogP contribution in [-0.2, 0) is 6.61 Å². The first-order chi connectivity index (χ1) is 6.83. The van der Waals surface area contributed by atoms with Crippen molar-refractivity contribution in [3.8, 4) is 0 Å². The summed E-state index contributed by atoms with van der Waals surface area (Å²) in [5, 5.41) is 8.86. The van der Waals surface area contributed by atoms with Crippen LogP contribution in [0, 0.1) is 0 Å². The Balaban J connectivity index is 2.02. The van der Waals surface area contributed by atoms with E-state index in [1.54, 1.807) is 6.26 Å². The third kappa shape index (κ3) is 1.81. The van der Waals surface area contributed by atoms with E-state index < -0.39 is 0 Å². The normalized spacial score (nSPS) is 23.1. The number of rotatable bonds is 3. The Hall–Kier alpha value is -0.870. The van der Waals surface area contributed by atoms with Gasteiger partial charge in [0.25, 0.3) is 0 Å². The van der Waals surface area contributed by atoms with Gasteiger partial charge in [-0.1, -0.05) is 6.92 Å². The van der Waals surface area contributed by atoms with E-state index in [1.807, 2.05) is 0 Å². The van der Waals surface area contributed by atoms with Gasteiger partial charge in [-0.3, -0.25) is 0 Å². The maximum Gasteiger partial charge on any atom is 0.198 e. The van der Waals surface area contributed by atoms with Gasteiger partial charge in [0.2, 0.25) is 0 Å². The smallest absolute Gasteiger partial charge is 0.198 e. The third-order valence-electron chi connectivity index (χ3n) is 2.80. The van der Waals surface area contributed by atoms with Crippen LogP contribution < -0.4 is 0 Å². The third-order valence-corrected chi connectivity index (χ3v) is 2.80. The van der Waals surface area contributed by atoms with Crippen LogP contribution in [0.2, 0.25) is 0 Å².